The average Bonchev–Trinajstić information content (AvgIpc) is 3.45. The van der Waals surface area contributed by atoms with Gasteiger partial charge in [-0.2, -0.15) is 0 Å². The van der Waals surface area contributed by atoms with Crippen LogP contribution in [-0.2, 0) is 20.9 Å². The molecular formula is C41H51N3O4. The van der Waals surface area contributed by atoms with E-state index in [4.69, 9.17) is 0 Å². The Bertz CT molecular complexity index is 1770. The summed E-state index contributed by atoms with van der Waals surface area (Å²) in [4.78, 5) is 51.3. The number of carbonyl (C=O) groups is 3. The van der Waals surface area contributed by atoms with Crippen LogP contribution in [0.15, 0.2) is 65.0 Å². The molecule has 3 saturated carbocycles. The van der Waals surface area contributed by atoms with Crippen LogP contribution in [0.2, 0.25) is 0 Å². The normalized spacial score (nSPS) is 29.5. The predicted molar refractivity (Wildman–Crippen MR) is 190 cm³/mol. The Morgan fingerprint density at radius 1 is 0.833 bits per heavy atom. The van der Waals surface area contributed by atoms with Crippen LogP contribution in [0.3, 0.4) is 0 Å². The maximum atomic E-state index is 13.5. The number of ketones is 1. The number of fused-ring (bicyclic) bond motifs is 7. The second kappa shape index (κ2) is 13.3. The smallest absolute Gasteiger partial charge is 0.223 e. The van der Waals surface area contributed by atoms with Crippen LogP contribution in [0, 0.1) is 34.5 Å². The maximum Gasteiger partial charge on any atom is 0.223 e. The second-order valence-electron chi connectivity index (χ2n) is 15.6. The average molecular weight is 650 g/mol. The van der Waals surface area contributed by atoms with Crippen molar-refractivity contribution in [2.24, 2.45) is 34.5 Å². The van der Waals surface area contributed by atoms with E-state index in [0.717, 1.165) is 86.1 Å². The molecule has 2 aromatic carbocycles. The number of rotatable bonds is 10. The topological polar surface area (TPSA) is 97.3 Å². The lowest BCUT2D eigenvalue weighted by molar-refractivity contribution is -0.132. The van der Waals surface area contributed by atoms with Crippen molar-refractivity contribution in [1.82, 2.24) is 15.2 Å². The number of unbranched alkanes of at least 4 members (excludes halogenated alkanes) is 2. The molecule has 0 spiro atoms. The van der Waals surface area contributed by atoms with E-state index in [9.17, 15) is 19.2 Å². The van der Waals surface area contributed by atoms with Gasteiger partial charge in [0.25, 0.3) is 0 Å². The number of pyridine rings is 1. The van der Waals surface area contributed by atoms with Crippen LogP contribution < -0.4 is 16.1 Å². The Morgan fingerprint density at radius 3 is 2.29 bits per heavy atom. The van der Waals surface area contributed by atoms with E-state index in [-0.39, 0.29) is 34.0 Å². The highest BCUT2D eigenvalue weighted by atomic mass is 16.2. The molecule has 2 N–H and O–H groups in total. The number of aromatic nitrogens is 1. The quantitative estimate of drug-likeness (QED) is 0.139. The molecule has 0 saturated heterocycles. The lowest BCUT2D eigenvalue weighted by Crippen LogP contribution is -2.51. The van der Waals surface area contributed by atoms with Gasteiger partial charge in [0.1, 0.15) is 5.78 Å². The van der Waals surface area contributed by atoms with Crippen molar-refractivity contribution >= 4 is 39.4 Å². The molecule has 7 rings (SSSR count). The van der Waals surface area contributed by atoms with E-state index in [1.54, 1.807) is 0 Å². The van der Waals surface area contributed by atoms with Gasteiger partial charge in [-0.05, 0) is 104 Å². The van der Waals surface area contributed by atoms with Crippen molar-refractivity contribution in [2.45, 2.75) is 97.4 Å². The van der Waals surface area contributed by atoms with E-state index in [1.165, 1.54) is 5.57 Å². The minimum atomic E-state index is 0.0224. The third kappa shape index (κ3) is 5.81. The van der Waals surface area contributed by atoms with Crippen molar-refractivity contribution in [1.29, 1.82) is 0 Å². The number of Topliss-reactive ketones (excluding diaryl/α,β-unsaturated/α-hetero) is 1. The molecule has 48 heavy (non-hydrogen) atoms. The van der Waals surface area contributed by atoms with Crippen molar-refractivity contribution in [3.63, 3.8) is 0 Å². The molecule has 2 amide bonds. The van der Waals surface area contributed by atoms with Gasteiger partial charge < -0.3 is 15.2 Å². The van der Waals surface area contributed by atoms with Gasteiger partial charge in [0.05, 0.1) is 11.0 Å². The molecule has 254 valence electrons. The second-order valence-corrected chi connectivity index (χ2v) is 15.6. The van der Waals surface area contributed by atoms with Gasteiger partial charge in [-0.15, -0.1) is 0 Å². The number of benzene rings is 2. The van der Waals surface area contributed by atoms with Crippen molar-refractivity contribution < 1.29 is 14.4 Å². The summed E-state index contributed by atoms with van der Waals surface area (Å²) >= 11 is 0. The highest BCUT2D eigenvalue weighted by molar-refractivity contribution is 5.93. The minimum Gasteiger partial charge on any atom is -0.354 e. The molecule has 0 aliphatic heterocycles. The summed E-state index contributed by atoms with van der Waals surface area (Å²) < 4.78 is 2.23. The van der Waals surface area contributed by atoms with Crippen molar-refractivity contribution in [3.8, 4) is 0 Å². The van der Waals surface area contributed by atoms with Gasteiger partial charge in [-0.25, -0.2) is 0 Å². The van der Waals surface area contributed by atoms with Gasteiger partial charge >= 0.3 is 0 Å². The molecule has 0 radical (unpaired) electrons. The third-order valence-corrected chi connectivity index (χ3v) is 13.2. The molecule has 1 heterocycles. The predicted octanol–water partition coefficient (Wildman–Crippen LogP) is 7.10. The summed E-state index contributed by atoms with van der Waals surface area (Å²) in [5, 5.41) is 7.65. The molecule has 4 aliphatic carbocycles. The number of nitrogens with zero attached hydrogens (tertiary/aromatic N) is 1. The first-order valence-corrected chi connectivity index (χ1v) is 18.5. The number of hydrogen-bond acceptors (Lipinski definition) is 4. The Balaban J connectivity index is 0.848. The van der Waals surface area contributed by atoms with Gasteiger partial charge in [0.2, 0.25) is 11.8 Å². The van der Waals surface area contributed by atoms with Crippen LogP contribution in [0.5, 0.6) is 0 Å². The maximum absolute atomic E-state index is 13.5. The van der Waals surface area contributed by atoms with Gasteiger partial charge in [-0.1, -0.05) is 56.2 Å². The number of aryl methyl sites for hydroxylation is 1. The Morgan fingerprint density at radius 2 is 1.54 bits per heavy atom. The van der Waals surface area contributed by atoms with Gasteiger partial charge in [0.15, 0.2) is 5.43 Å². The van der Waals surface area contributed by atoms with Crippen molar-refractivity contribution in [3.05, 3.63) is 70.4 Å². The summed E-state index contributed by atoms with van der Waals surface area (Å²) in [5.41, 5.74) is 3.55. The number of nitrogens with one attached hydrogen (secondary N) is 2. The van der Waals surface area contributed by atoms with Gasteiger partial charge in [-0.3, -0.25) is 19.2 Å². The molecule has 1 aromatic heterocycles. The molecule has 7 nitrogen and oxygen atoms in total. The summed E-state index contributed by atoms with van der Waals surface area (Å²) in [7, 11) is 0. The van der Waals surface area contributed by atoms with E-state index >= 15 is 0 Å². The summed E-state index contributed by atoms with van der Waals surface area (Å²) in [6.45, 7) is 6.47. The monoisotopic (exact) mass is 649 g/mol. The van der Waals surface area contributed by atoms with E-state index < -0.39 is 0 Å². The van der Waals surface area contributed by atoms with Gasteiger partial charge in [0, 0.05) is 55.6 Å². The SMILES string of the molecule is CC12CCC(=O)CC1=CCC1C2CCC2(C)C(C(=O)NCCNC(=O)CCCCCn3c4ccccc4c(=O)c4ccccc43)CCC12. The first-order chi connectivity index (χ1) is 23.2. The lowest BCUT2D eigenvalue weighted by atomic mass is 9.47. The summed E-state index contributed by atoms with van der Waals surface area (Å²) in [6, 6.07) is 15.6. The highest BCUT2D eigenvalue weighted by Gasteiger charge is 2.59. The third-order valence-electron chi connectivity index (χ3n) is 13.2. The first-order valence-electron chi connectivity index (χ1n) is 18.5. The zero-order chi connectivity index (χ0) is 33.5. The Hall–Kier alpha value is -3.74. The number of para-hydroxylation sites is 2. The Kier molecular flexibility index (Phi) is 9.08. The Labute approximate surface area is 283 Å². The minimum absolute atomic E-state index is 0.0224. The van der Waals surface area contributed by atoms with E-state index in [2.05, 4.69) is 35.1 Å². The number of amides is 2. The molecule has 6 unspecified atom stereocenters. The molecule has 7 heteroatoms. The fraction of sp³-hybridized carbons (Fsp3) is 0.561. The van der Waals surface area contributed by atoms with Crippen LogP contribution in [0.4, 0.5) is 0 Å². The number of carbonyl (C=O) groups excluding carboxylic acids is 3. The number of hydrogen-bond donors (Lipinski definition) is 2. The van der Waals surface area contributed by atoms with Crippen LogP contribution >= 0.6 is 0 Å². The molecule has 3 aromatic rings. The summed E-state index contributed by atoms with van der Waals surface area (Å²) in [6.07, 6.45) is 13.2. The fourth-order valence-corrected chi connectivity index (χ4v) is 10.6. The first kappa shape index (κ1) is 32.8. The van der Waals surface area contributed by atoms with Crippen LogP contribution in [0.1, 0.15) is 90.9 Å². The van der Waals surface area contributed by atoms with E-state index in [0.29, 0.717) is 55.9 Å². The van der Waals surface area contributed by atoms with Crippen LogP contribution in [0.25, 0.3) is 21.8 Å². The van der Waals surface area contributed by atoms with Crippen LogP contribution in [-0.4, -0.2) is 35.3 Å². The highest BCUT2D eigenvalue weighted by Crippen LogP contribution is 2.66. The molecule has 0 bridgehead atoms. The molecule has 6 atom stereocenters. The molecular weight excluding hydrogens is 598 g/mol. The molecule has 3 fully saturated rings. The standard InChI is InChI=1S/C41H51N3O4/c1-40-21-19-28(45)26-27(40)15-16-29-32-17-18-34(41(32,2)22-20-33(29)40)39(48)43-24-23-42-37(46)14-4-3-9-25-44-35-12-7-5-10-30(35)38(47)31-11-6-8-13-36(31)44/h5-8,10-13,15,29,32-34H,3-4,9,14,16-26H2,1-2H3,(H,42,46)(H,43,48). The zero-order valence-electron chi connectivity index (χ0n) is 28.7. The molecule has 4 aliphatic rings. The van der Waals surface area contributed by atoms with Crippen molar-refractivity contribution in [2.75, 3.05) is 13.1 Å². The zero-order valence-corrected chi connectivity index (χ0v) is 28.7. The lowest BCUT2D eigenvalue weighted by Gasteiger charge is -2.57. The number of allylic oxidation sites excluding steroid dienone is 2. The van der Waals surface area contributed by atoms with E-state index in [1.807, 2.05) is 48.5 Å². The summed E-state index contributed by atoms with van der Waals surface area (Å²) in [5.74, 6) is 2.40. The fourth-order valence-electron chi connectivity index (χ4n) is 10.6. The largest absolute Gasteiger partial charge is 0.354 e.